The highest BCUT2D eigenvalue weighted by Gasteiger charge is 2.47. The number of unbranched alkanes of at least 4 members (excludes halogenated alkanes) is 25. The molecule has 0 aromatic heterocycles. The first kappa shape index (κ1) is 79.1. The van der Waals surface area contributed by atoms with Gasteiger partial charge in [-0.1, -0.05) is 271 Å². The lowest BCUT2D eigenvalue weighted by atomic mass is 9.99. The molecule has 1 fully saturated rings. The Bertz CT molecular complexity index is 1850. The fourth-order valence-corrected chi connectivity index (χ4v) is 9.96. The van der Waals surface area contributed by atoms with Crippen LogP contribution in [-0.2, 0) is 23.8 Å². The molecule has 0 aromatic rings. The highest BCUT2D eigenvalue weighted by atomic mass is 16.7. The van der Waals surface area contributed by atoms with Crippen molar-refractivity contribution in [2.24, 2.45) is 0 Å². The molecule has 0 aliphatic carbocycles. The van der Waals surface area contributed by atoms with E-state index in [1.54, 1.807) is 6.08 Å². The fourth-order valence-electron chi connectivity index (χ4n) is 9.96. The number of carbonyl (C=O) groups excluding carboxylic acids is 2. The minimum atomic E-state index is -1.63. The summed E-state index contributed by atoms with van der Waals surface area (Å²) in [6.45, 7) is 5.63. The molecule has 1 rings (SSSR count). The zero-order valence-electron chi connectivity index (χ0n) is 53.9. The first-order valence-electron chi connectivity index (χ1n) is 34.3. The van der Waals surface area contributed by atoms with Gasteiger partial charge < -0.3 is 45.1 Å². The van der Waals surface area contributed by atoms with E-state index in [0.717, 1.165) is 135 Å². The molecule has 8 unspecified atom stereocenters. The third-order valence-electron chi connectivity index (χ3n) is 15.3. The molecule has 85 heavy (non-hydrogen) atoms. The summed E-state index contributed by atoms with van der Waals surface area (Å²) < 4.78 is 17.7. The van der Waals surface area contributed by atoms with Gasteiger partial charge in [0.2, 0.25) is 5.91 Å². The third-order valence-corrected chi connectivity index (χ3v) is 15.3. The van der Waals surface area contributed by atoms with E-state index in [9.17, 15) is 35.1 Å². The average Bonchev–Trinajstić information content (AvgIpc) is 3.60. The number of esters is 1. The largest absolute Gasteiger partial charge is 0.454 e. The van der Waals surface area contributed by atoms with Crippen LogP contribution in [0.2, 0.25) is 0 Å². The lowest BCUT2D eigenvalue weighted by molar-refractivity contribution is -0.305. The summed E-state index contributed by atoms with van der Waals surface area (Å²) >= 11 is 0. The van der Waals surface area contributed by atoms with Crippen LogP contribution in [-0.4, -0.2) is 99.6 Å². The summed E-state index contributed by atoms with van der Waals surface area (Å²) in [6, 6.07) is -1.04. The van der Waals surface area contributed by atoms with E-state index in [1.165, 1.54) is 89.9 Å². The number of carbonyl (C=O) groups is 2. The van der Waals surface area contributed by atoms with Crippen molar-refractivity contribution in [1.29, 1.82) is 0 Å². The van der Waals surface area contributed by atoms with Gasteiger partial charge in [-0.05, 0) is 116 Å². The molecular weight excluding hydrogens is 1060 g/mol. The van der Waals surface area contributed by atoms with Crippen molar-refractivity contribution in [2.45, 2.75) is 320 Å². The van der Waals surface area contributed by atoms with Gasteiger partial charge in [-0.2, -0.15) is 0 Å². The van der Waals surface area contributed by atoms with Crippen LogP contribution in [0.1, 0.15) is 271 Å². The number of amides is 1. The molecule has 11 nitrogen and oxygen atoms in total. The van der Waals surface area contributed by atoms with Gasteiger partial charge in [0, 0.05) is 6.42 Å². The van der Waals surface area contributed by atoms with E-state index in [0.29, 0.717) is 12.8 Å². The first-order chi connectivity index (χ1) is 41.7. The standard InChI is InChI=1S/C74H125NO10/c1-4-7-10-13-16-19-22-24-26-28-30-32-33-34-35-36-38-40-42-44-47-50-53-56-59-62-69(79)85-72-71(81)70(80)68(63-76)84-74(72)83-64-65(66(77)60-57-54-51-48-45-21-18-15-12-9-6-3)75-73(82)67(78)61-58-55-52-49-46-43-41-39-37-31-29-27-25-23-20-17-14-11-8-5-2/h8,11,16-17,19-20,24-27,30-32,34-35,37,41,43,57,60,65-68,70-72,74,76-78,80-81H,4-7,9-10,12-15,18,21-23,28-29,33,36,38-40,42,44-56,58-59,61-64H2,1-3H3,(H,75,82)/b11-8-,19-16-,20-17-,26-24-,27-25-,32-30-,35-34-,37-31-,43-41-,60-57+. The van der Waals surface area contributed by atoms with Gasteiger partial charge in [-0.3, -0.25) is 9.59 Å². The number of rotatable bonds is 57. The molecule has 0 saturated carbocycles. The van der Waals surface area contributed by atoms with Gasteiger partial charge >= 0.3 is 5.97 Å². The van der Waals surface area contributed by atoms with Crippen LogP contribution in [0.3, 0.4) is 0 Å². The molecule has 0 bridgehead atoms. The summed E-state index contributed by atoms with van der Waals surface area (Å²) in [5.74, 6) is -1.23. The first-order valence-corrected chi connectivity index (χ1v) is 34.3. The Morgan fingerprint density at radius 1 is 0.471 bits per heavy atom. The second-order valence-electron chi connectivity index (χ2n) is 23.2. The summed E-state index contributed by atoms with van der Waals surface area (Å²) in [5, 5.41) is 57.1. The van der Waals surface area contributed by atoms with Crippen molar-refractivity contribution in [3.05, 3.63) is 122 Å². The monoisotopic (exact) mass is 1190 g/mol. The van der Waals surface area contributed by atoms with Crippen LogP contribution in [0, 0.1) is 0 Å². The fraction of sp³-hybridized carbons (Fsp3) is 0.703. The van der Waals surface area contributed by atoms with Gasteiger partial charge in [0.15, 0.2) is 12.4 Å². The summed E-state index contributed by atoms with van der Waals surface area (Å²) in [4.78, 5) is 26.6. The average molecular weight is 1190 g/mol. The maximum absolute atomic E-state index is 13.5. The van der Waals surface area contributed by atoms with Crippen LogP contribution in [0.25, 0.3) is 0 Å². The smallest absolute Gasteiger partial charge is 0.306 e. The third kappa shape index (κ3) is 47.8. The molecule has 1 heterocycles. The Hall–Kier alpha value is -3.94. The Kier molecular flexibility index (Phi) is 56.1. The zero-order chi connectivity index (χ0) is 61.7. The molecule has 1 amide bonds. The highest BCUT2D eigenvalue weighted by Crippen LogP contribution is 2.26. The number of aliphatic hydroxyl groups is 5. The maximum Gasteiger partial charge on any atom is 0.306 e. The van der Waals surface area contributed by atoms with Crippen molar-refractivity contribution < 1.29 is 49.3 Å². The number of hydrogen-bond acceptors (Lipinski definition) is 10. The van der Waals surface area contributed by atoms with E-state index in [-0.39, 0.29) is 19.4 Å². The summed E-state index contributed by atoms with van der Waals surface area (Å²) in [7, 11) is 0. The Labute approximate surface area is 519 Å². The molecule has 0 aromatic carbocycles. The summed E-state index contributed by atoms with van der Waals surface area (Å²) in [5.41, 5.74) is 0. The van der Waals surface area contributed by atoms with Crippen LogP contribution in [0.15, 0.2) is 122 Å². The van der Waals surface area contributed by atoms with Crippen molar-refractivity contribution >= 4 is 11.9 Å². The molecule has 6 N–H and O–H groups in total. The lowest BCUT2D eigenvalue weighted by Crippen LogP contribution is -2.61. The Morgan fingerprint density at radius 2 is 0.847 bits per heavy atom. The molecular formula is C74H125NO10. The molecule has 0 radical (unpaired) electrons. The predicted octanol–water partition coefficient (Wildman–Crippen LogP) is 17.4. The van der Waals surface area contributed by atoms with Gasteiger partial charge in [0.25, 0.3) is 0 Å². The van der Waals surface area contributed by atoms with Crippen molar-refractivity contribution in [2.75, 3.05) is 13.2 Å². The van der Waals surface area contributed by atoms with Crippen molar-refractivity contribution in [1.82, 2.24) is 5.32 Å². The Balaban J connectivity index is 2.61. The second kappa shape index (κ2) is 60.3. The molecule has 0 spiro atoms. The highest BCUT2D eigenvalue weighted by molar-refractivity contribution is 5.80. The Morgan fingerprint density at radius 3 is 1.29 bits per heavy atom. The molecule has 11 heteroatoms. The normalized spacial score (nSPS) is 19.2. The SMILES string of the molecule is CC/C=C\C/C=C\C/C=C\C/C=C\C/C=C\CCCCCCC(O)C(=O)NC(COC1OC(CO)C(O)C(O)C1OC(=O)CCCCCCCCCCC/C=C\C/C=C\C/C=C\C/C=C\CCCCC)C(O)/C=C/CCCCCCCCCCC. The van der Waals surface area contributed by atoms with Gasteiger partial charge in [-0.25, -0.2) is 0 Å². The number of ether oxygens (including phenoxy) is 3. The number of hydrogen-bond donors (Lipinski definition) is 6. The van der Waals surface area contributed by atoms with Crippen LogP contribution < -0.4 is 5.32 Å². The second-order valence-corrected chi connectivity index (χ2v) is 23.2. The van der Waals surface area contributed by atoms with Crippen molar-refractivity contribution in [3.63, 3.8) is 0 Å². The van der Waals surface area contributed by atoms with Crippen LogP contribution >= 0.6 is 0 Å². The summed E-state index contributed by atoms with van der Waals surface area (Å²) in [6.07, 6.45) is 73.7. The lowest BCUT2D eigenvalue weighted by Gasteiger charge is -2.41. The molecule has 1 saturated heterocycles. The maximum atomic E-state index is 13.5. The van der Waals surface area contributed by atoms with Crippen LogP contribution in [0.5, 0.6) is 0 Å². The molecule has 1 aliphatic heterocycles. The number of nitrogens with one attached hydrogen (secondary N) is 1. The zero-order valence-corrected chi connectivity index (χ0v) is 53.9. The van der Waals surface area contributed by atoms with Gasteiger partial charge in [0.1, 0.15) is 24.4 Å². The van der Waals surface area contributed by atoms with Gasteiger partial charge in [-0.15, -0.1) is 0 Å². The number of allylic oxidation sites excluding steroid dienone is 19. The van der Waals surface area contributed by atoms with Crippen molar-refractivity contribution in [3.8, 4) is 0 Å². The van der Waals surface area contributed by atoms with E-state index in [1.807, 2.05) is 6.08 Å². The predicted molar refractivity (Wildman–Crippen MR) is 356 cm³/mol. The molecule has 1 aliphatic rings. The topological polar surface area (TPSA) is 175 Å². The number of aliphatic hydroxyl groups excluding tert-OH is 5. The van der Waals surface area contributed by atoms with Crippen LogP contribution in [0.4, 0.5) is 0 Å². The van der Waals surface area contributed by atoms with E-state index in [4.69, 9.17) is 14.2 Å². The minimum Gasteiger partial charge on any atom is -0.454 e. The van der Waals surface area contributed by atoms with E-state index in [2.05, 4.69) is 135 Å². The van der Waals surface area contributed by atoms with E-state index < -0.39 is 67.4 Å². The van der Waals surface area contributed by atoms with E-state index >= 15 is 0 Å². The molecule has 486 valence electrons. The minimum absolute atomic E-state index is 0.107. The quantitative estimate of drug-likeness (QED) is 0.0195. The molecule has 8 atom stereocenters. The van der Waals surface area contributed by atoms with Gasteiger partial charge in [0.05, 0.1) is 25.4 Å².